The summed E-state index contributed by atoms with van der Waals surface area (Å²) >= 11 is 7.64. The van der Waals surface area contributed by atoms with Gasteiger partial charge in [0.25, 0.3) is 0 Å². The highest BCUT2D eigenvalue weighted by Crippen LogP contribution is 2.41. The van der Waals surface area contributed by atoms with E-state index in [0.29, 0.717) is 21.2 Å². The maximum Gasteiger partial charge on any atom is 0.153 e. The number of nitrogens with zero attached hydrogens (tertiary/aromatic N) is 4. The molecule has 4 rings (SSSR count). The smallest absolute Gasteiger partial charge is 0.153 e. The number of aryl methyl sites for hydroxylation is 1. The van der Waals surface area contributed by atoms with Crippen molar-refractivity contribution in [3.05, 3.63) is 28.7 Å². The molecule has 7 nitrogen and oxygen atoms in total. The van der Waals surface area contributed by atoms with Crippen LogP contribution in [-0.4, -0.2) is 46.4 Å². The van der Waals surface area contributed by atoms with E-state index >= 15 is 0 Å². The molecule has 3 N–H and O–H groups in total. The van der Waals surface area contributed by atoms with E-state index in [-0.39, 0.29) is 12.4 Å². The molecule has 2 aromatic heterocycles. The maximum atomic E-state index is 9.92. The third kappa shape index (κ3) is 3.78. The summed E-state index contributed by atoms with van der Waals surface area (Å²) in [6.45, 7) is 5.31. The van der Waals surface area contributed by atoms with E-state index in [1.165, 1.54) is 11.8 Å². The van der Waals surface area contributed by atoms with E-state index in [1.54, 1.807) is 12.3 Å². The van der Waals surface area contributed by atoms with Crippen molar-refractivity contribution in [3.8, 4) is 0 Å². The normalized spacial score (nSPS) is 18.8. The molecule has 4 heterocycles. The van der Waals surface area contributed by atoms with Gasteiger partial charge in [-0.25, -0.2) is 15.0 Å². The molecular formula is C19H24ClN5O2S. The Morgan fingerprint density at radius 1 is 1.32 bits per heavy atom. The van der Waals surface area contributed by atoms with Crippen molar-refractivity contribution in [1.82, 2.24) is 15.0 Å². The number of pyridine rings is 1. The summed E-state index contributed by atoms with van der Waals surface area (Å²) in [7, 11) is 0. The Kier molecular flexibility index (Phi) is 5.64. The first kappa shape index (κ1) is 19.7. The molecule has 1 spiro atoms. The number of anilines is 2. The van der Waals surface area contributed by atoms with Crippen LogP contribution in [0, 0.1) is 12.3 Å². The van der Waals surface area contributed by atoms with Gasteiger partial charge in [0.05, 0.1) is 23.9 Å². The Balaban J connectivity index is 1.57. The van der Waals surface area contributed by atoms with Gasteiger partial charge in [-0.15, -0.1) is 0 Å². The lowest BCUT2D eigenvalue weighted by molar-refractivity contribution is 0.133. The summed E-state index contributed by atoms with van der Waals surface area (Å²) in [5.41, 5.74) is 7.50. The minimum Gasteiger partial charge on any atom is -0.390 e. The van der Waals surface area contributed by atoms with Crippen LogP contribution in [0.1, 0.15) is 30.7 Å². The quantitative estimate of drug-likeness (QED) is 0.777. The van der Waals surface area contributed by atoms with Crippen LogP contribution in [0.3, 0.4) is 0 Å². The van der Waals surface area contributed by atoms with E-state index in [1.807, 2.05) is 6.92 Å². The van der Waals surface area contributed by atoms with Crippen molar-refractivity contribution >= 4 is 35.0 Å². The van der Waals surface area contributed by atoms with Gasteiger partial charge in [-0.05, 0) is 37.7 Å². The third-order valence-electron chi connectivity index (χ3n) is 5.62. The van der Waals surface area contributed by atoms with Crippen LogP contribution in [0.4, 0.5) is 11.6 Å². The van der Waals surface area contributed by atoms with Crippen LogP contribution in [0.5, 0.6) is 0 Å². The Hall–Kier alpha value is -1.61. The standard InChI is InChI=1S/C19H24ClN5O2S/c1-12-18(28-14-2-6-22-16(21)15(14)20)24-13(10-26)17(23-12)25-7-3-19(4-8-25)5-9-27-11-19/h2,6,26H,3-5,7-11H2,1H3,(H2,21,22). The molecule has 2 aliphatic heterocycles. The number of hydrogen-bond acceptors (Lipinski definition) is 8. The van der Waals surface area contributed by atoms with Crippen molar-refractivity contribution < 1.29 is 9.84 Å². The van der Waals surface area contributed by atoms with Gasteiger partial charge in [0.1, 0.15) is 16.5 Å². The highest BCUT2D eigenvalue weighted by molar-refractivity contribution is 7.99. The van der Waals surface area contributed by atoms with Crippen molar-refractivity contribution in [3.63, 3.8) is 0 Å². The van der Waals surface area contributed by atoms with Gasteiger partial charge >= 0.3 is 0 Å². The van der Waals surface area contributed by atoms with Crippen LogP contribution in [0.25, 0.3) is 0 Å². The lowest BCUT2D eigenvalue weighted by atomic mass is 9.78. The van der Waals surface area contributed by atoms with E-state index in [9.17, 15) is 5.11 Å². The number of nitrogen functional groups attached to an aromatic ring is 1. The number of aromatic nitrogens is 3. The number of piperidine rings is 1. The molecular weight excluding hydrogens is 398 g/mol. The highest BCUT2D eigenvalue weighted by Gasteiger charge is 2.38. The number of aliphatic hydroxyl groups excluding tert-OH is 1. The van der Waals surface area contributed by atoms with Crippen LogP contribution in [0.2, 0.25) is 5.02 Å². The van der Waals surface area contributed by atoms with Crippen LogP contribution in [0.15, 0.2) is 22.2 Å². The summed E-state index contributed by atoms with van der Waals surface area (Å²) in [4.78, 5) is 16.5. The summed E-state index contributed by atoms with van der Waals surface area (Å²) < 4.78 is 5.62. The second-order valence-electron chi connectivity index (χ2n) is 7.44. The van der Waals surface area contributed by atoms with E-state index < -0.39 is 0 Å². The van der Waals surface area contributed by atoms with E-state index in [0.717, 1.165) is 62.0 Å². The molecule has 2 saturated heterocycles. The first-order valence-electron chi connectivity index (χ1n) is 9.40. The van der Waals surface area contributed by atoms with Gasteiger partial charge in [-0.1, -0.05) is 23.4 Å². The summed E-state index contributed by atoms with van der Waals surface area (Å²) in [5, 5.41) is 11.0. The predicted molar refractivity (Wildman–Crippen MR) is 110 cm³/mol. The molecule has 0 radical (unpaired) electrons. The second-order valence-corrected chi connectivity index (χ2v) is 8.85. The first-order valence-corrected chi connectivity index (χ1v) is 10.6. The number of halogens is 1. The van der Waals surface area contributed by atoms with Crippen molar-refractivity contribution in [2.45, 2.75) is 42.7 Å². The fourth-order valence-corrected chi connectivity index (χ4v) is 4.95. The monoisotopic (exact) mass is 421 g/mol. The Morgan fingerprint density at radius 3 is 2.79 bits per heavy atom. The first-order chi connectivity index (χ1) is 13.5. The van der Waals surface area contributed by atoms with Gasteiger partial charge in [0.15, 0.2) is 5.82 Å². The predicted octanol–water partition coefficient (Wildman–Crippen LogP) is 3.07. The molecule has 2 aromatic rings. The van der Waals surface area contributed by atoms with Gasteiger partial charge in [-0.2, -0.15) is 0 Å². The maximum absolute atomic E-state index is 9.92. The number of nitrogens with two attached hydrogens (primary N) is 1. The van der Waals surface area contributed by atoms with Crippen molar-refractivity contribution in [2.24, 2.45) is 5.41 Å². The fraction of sp³-hybridized carbons (Fsp3) is 0.526. The van der Waals surface area contributed by atoms with E-state index in [2.05, 4.69) is 14.9 Å². The van der Waals surface area contributed by atoms with Gasteiger partial charge in [0, 0.05) is 30.8 Å². The van der Waals surface area contributed by atoms with Crippen LogP contribution < -0.4 is 10.6 Å². The SMILES string of the molecule is Cc1nc(N2CCC3(CCOC3)CC2)c(CO)nc1Sc1ccnc(N)c1Cl. The van der Waals surface area contributed by atoms with Crippen molar-refractivity contribution in [1.29, 1.82) is 0 Å². The summed E-state index contributed by atoms with van der Waals surface area (Å²) in [6, 6.07) is 1.80. The zero-order valence-electron chi connectivity index (χ0n) is 15.8. The number of aliphatic hydroxyl groups is 1. The molecule has 0 saturated carbocycles. The average Bonchev–Trinajstić information content (AvgIpc) is 3.15. The van der Waals surface area contributed by atoms with Gasteiger partial charge < -0.3 is 20.5 Å². The molecule has 0 atom stereocenters. The second kappa shape index (κ2) is 8.02. The largest absolute Gasteiger partial charge is 0.390 e. The summed E-state index contributed by atoms with van der Waals surface area (Å²) in [5.74, 6) is 1.06. The molecule has 0 bridgehead atoms. The fourth-order valence-electron chi connectivity index (χ4n) is 3.84. The minimum absolute atomic E-state index is 0.160. The van der Waals surface area contributed by atoms with Crippen LogP contribution >= 0.6 is 23.4 Å². The number of ether oxygens (including phenoxy) is 1. The zero-order valence-corrected chi connectivity index (χ0v) is 17.4. The topological polar surface area (TPSA) is 97.4 Å². The average molecular weight is 422 g/mol. The Bertz CT molecular complexity index is 866. The number of rotatable bonds is 4. The molecule has 9 heteroatoms. The highest BCUT2D eigenvalue weighted by atomic mass is 35.5. The number of hydrogen-bond donors (Lipinski definition) is 2. The third-order valence-corrected chi connectivity index (χ3v) is 7.27. The summed E-state index contributed by atoms with van der Waals surface area (Å²) in [6.07, 6.45) is 4.93. The van der Waals surface area contributed by atoms with E-state index in [4.69, 9.17) is 27.1 Å². The minimum atomic E-state index is -0.160. The molecule has 28 heavy (non-hydrogen) atoms. The van der Waals surface area contributed by atoms with Crippen LogP contribution in [-0.2, 0) is 11.3 Å². The van der Waals surface area contributed by atoms with Gasteiger partial charge in [0.2, 0.25) is 0 Å². The molecule has 2 aliphatic rings. The molecule has 0 aromatic carbocycles. The lowest BCUT2D eigenvalue weighted by Crippen LogP contribution is -2.41. The molecule has 150 valence electrons. The molecule has 2 fully saturated rings. The van der Waals surface area contributed by atoms with Crippen molar-refractivity contribution in [2.75, 3.05) is 36.9 Å². The lowest BCUT2D eigenvalue weighted by Gasteiger charge is -2.39. The molecule has 0 unspecified atom stereocenters. The Morgan fingerprint density at radius 2 is 2.11 bits per heavy atom. The molecule has 0 amide bonds. The van der Waals surface area contributed by atoms with Gasteiger partial charge in [-0.3, -0.25) is 0 Å². The zero-order chi connectivity index (χ0) is 19.7. The molecule has 0 aliphatic carbocycles. The Labute approximate surface area is 173 Å².